The molecular weight excluding hydrogens is 434 g/mol. The number of nitrogens with one attached hydrogen (secondary N) is 1. The van der Waals surface area contributed by atoms with Gasteiger partial charge in [-0.3, -0.25) is 24.5 Å². The van der Waals surface area contributed by atoms with Crippen molar-refractivity contribution in [3.8, 4) is 11.5 Å². The number of nitro groups is 1. The summed E-state index contributed by atoms with van der Waals surface area (Å²) < 4.78 is 15.7. The number of carbonyl (C=O) groups is 3. The number of esters is 1. The molecule has 0 spiro atoms. The first kappa shape index (κ1) is 23.5. The van der Waals surface area contributed by atoms with Crippen LogP contribution in [0.4, 0.5) is 17.1 Å². The lowest BCUT2D eigenvalue weighted by atomic mass is 10.1. The second kappa shape index (κ2) is 9.98. The molecule has 2 atom stereocenters. The number of hydrogen-bond donors (Lipinski definition) is 1. The second-order valence-electron chi connectivity index (χ2n) is 7.29. The highest BCUT2D eigenvalue weighted by atomic mass is 16.6. The number of non-ortho nitro benzene ring substituents is 1. The quantitative estimate of drug-likeness (QED) is 0.363. The number of hydrogen-bond acceptors (Lipinski definition) is 8. The molecule has 1 heterocycles. The minimum Gasteiger partial charge on any atom is -0.495 e. The Kier molecular flexibility index (Phi) is 7.11. The van der Waals surface area contributed by atoms with Crippen molar-refractivity contribution in [3.63, 3.8) is 0 Å². The Morgan fingerprint density at radius 1 is 1.15 bits per heavy atom. The van der Waals surface area contributed by atoms with Gasteiger partial charge < -0.3 is 24.4 Å². The van der Waals surface area contributed by atoms with E-state index in [0.29, 0.717) is 11.4 Å². The van der Waals surface area contributed by atoms with Crippen molar-refractivity contribution in [2.75, 3.05) is 31.0 Å². The number of para-hydroxylation sites is 2. The van der Waals surface area contributed by atoms with Gasteiger partial charge in [-0.15, -0.1) is 0 Å². The number of carbonyl (C=O) groups excluding carboxylic acids is 3. The molecule has 1 saturated heterocycles. The van der Waals surface area contributed by atoms with Gasteiger partial charge in [-0.2, -0.15) is 0 Å². The van der Waals surface area contributed by atoms with E-state index in [-0.39, 0.29) is 36.0 Å². The fourth-order valence-electron chi connectivity index (χ4n) is 3.42. The van der Waals surface area contributed by atoms with Gasteiger partial charge in [-0.05, 0) is 25.1 Å². The summed E-state index contributed by atoms with van der Waals surface area (Å²) in [6.45, 7) is 1.46. The normalized spacial score (nSPS) is 16.2. The van der Waals surface area contributed by atoms with Gasteiger partial charge in [0.2, 0.25) is 5.91 Å². The van der Waals surface area contributed by atoms with Crippen LogP contribution in [0.3, 0.4) is 0 Å². The van der Waals surface area contributed by atoms with Gasteiger partial charge in [0, 0.05) is 25.1 Å². The van der Waals surface area contributed by atoms with Crippen molar-refractivity contribution in [2.24, 2.45) is 5.92 Å². The van der Waals surface area contributed by atoms with Gasteiger partial charge in [0.1, 0.15) is 11.5 Å². The third-order valence-electron chi connectivity index (χ3n) is 5.15. The molecule has 3 rings (SSSR count). The summed E-state index contributed by atoms with van der Waals surface area (Å²) in [5.41, 5.74) is 0.374. The van der Waals surface area contributed by atoms with Gasteiger partial charge in [0.05, 0.1) is 36.4 Å². The number of benzene rings is 2. The van der Waals surface area contributed by atoms with Crippen LogP contribution in [0.25, 0.3) is 0 Å². The summed E-state index contributed by atoms with van der Waals surface area (Å²) in [4.78, 5) is 49.5. The Hall–Kier alpha value is -4.15. The maximum atomic E-state index is 12.6. The summed E-state index contributed by atoms with van der Waals surface area (Å²) in [6.07, 6.45) is -1.28. The van der Waals surface area contributed by atoms with Crippen molar-refractivity contribution in [1.29, 1.82) is 0 Å². The molecule has 0 saturated carbocycles. The summed E-state index contributed by atoms with van der Waals surface area (Å²) in [5, 5.41) is 13.5. The molecule has 11 nitrogen and oxygen atoms in total. The Morgan fingerprint density at radius 3 is 2.52 bits per heavy atom. The standard InChI is InChI=1S/C22H23N3O8/c1-13(21(27)23-16-11-15(25(29)30)8-9-18(16)31-2)33-22(28)14-10-20(26)24(12-14)17-6-4-5-7-19(17)32-3/h4-9,11,13-14H,10,12H2,1-3H3,(H,23,27)/t13-,14-/m0/s1. The SMILES string of the molecule is COc1ccc([N+](=O)[O-])cc1NC(=O)[C@H](C)OC(=O)[C@H]1CC(=O)N(c2ccccc2OC)C1. The molecule has 0 bridgehead atoms. The first-order valence-electron chi connectivity index (χ1n) is 10.0. The second-order valence-corrected chi connectivity index (χ2v) is 7.29. The van der Waals surface area contributed by atoms with Gasteiger partial charge in [-0.25, -0.2) is 0 Å². The molecule has 2 aromatic carbocycles. The third kappa shape index (κ3) is 5.20. The molecule has 0 aliphatic carbocycles. The average Bonchev–Trinajstić information content (AvgIpc) is 3.20. The van der Waals surface area contributed by atoms with Gasteiger partial charge >= 0.3 is 5.97 Å². The lowest BCUT2D eigenvalue weighted by molar-refractivity contribution is -0.384. The van der Waals surface area contributed by atoms with E-state index in [1.54, 1.807) is 24.3 Å². The van der Waals surface area contributed by atoms with Gasteiger partial charge in [0.15, 0.2) is 6.10 Å². The number of methoxy groups -OCH3 is 2. The van der Waals surface area contributed by atoms with Crippen molar-refractivity contribution >= 4 is 34.8 Å². The fraction of sp³-hybridized carbons (Fsp3) is 0.318. The first-order valence-corrected chi connectivity index (χ1v) is 10.0. The van der Waals surface area contributed by atoms with E-state index in [9.17, 15) is 24.5 Å². The number of amides is 2. The van der Waals surface area contributed by atoms with Crippen LogP contribution in [-0.4, -0.2) is 49.6 Å². The molecule has 1 aliphatic heterocycles. The topological polar surface area (TPSA) is 137 Å². The number of nitro benzene ring substituents is 1. The lowest BCUT2D eigenvalue weighted by Crippen LogP contribution is -2.33. The van der Waals surface area contributed by atoms with E-state index >= 15 is 0 Å². The van der Waals surface area contributed by atoms with Crippen LogP contribution in [0.2, 0.25) is 0 Å². The molecular formula is C22H23N3O8. The molecule has 1 aliphatic rings. The smallest absolute Gasteiger partial charge is 0.312 e. The zero-order valence-corrected chi connectivity index (χ0v) is 18.3. The maximum absolute atomic E-state index is 12.6. The molecule has 33 heavy (non-hydrogen) atoms. The number of ether oxygens (including phenoxy) is 3. The predicted molar refractivity (Wildman–Crippen MR) is 117 cm³/mol. The molecule has 0 radical (unpaired) electrons. The molecule has 1 fully saturated rings. The molecule has 174 valence electrons. The van der Waals surface area contributed by atoms with Crippen LogP contribution in [0.15, 0.2) is 42.5 Å². The fourth-order valence-corrected chi connectivity index (χ4v) is 3.42. The Bertz CT molecular complexity index is 1090. The first-order chi connectivity index (χ1) is 15.7. The van der Waals surface area contributed by atoms with Crippen LogP contribution >= 0.6 is 0 Å². The highest BCUT2D eigenvalue weighted by Gasteiger charge is 2.38. The van der Waals surface area contributed by atoms with E-state index in [0.717, 1.165) is 6.07 Å². The van der Waals surface area contributed by atoms with Crippen molar-refractivity contribution < 1.29 is 33.5 Å². The van der Waals surface area contributed by atoms with Gasteiger partial charge in [0.25, 0.3) is 11.6 Å². The Morgan fingerprint density at radius 2 is 1.85 bits per heavy atom. The molecule has 2 amide bonds. The molecule has 1 N–H and O–H groups in total. The van der Waals surface area contributed by atoms with Gasteiger partial charge in [-0.1, -0.05) is 12.1 Å². The Balaban J connectivity index is 1.65. The number of anilines is 2. The monoisotopic (exact) mass is 457 g/mol. The predicted octanol–water partition coefficient (Wildman–Crippen LogP) is 2.54. The Labute approximate surface area is 189 Å². The van der Waals surface area contributed by atoms with E-state index in [1.165, 1.54) is 38.2 Å². The summed E-state index contributed by atoms with van der Waals surface area (Å²) >= 11 is 0. The number of rotatable bonds is 8. The van der Waals surface area contributed by atoms with Crippen LogP contribution in [0.1, 0.15) is 13.3 Å². The minimum atomic E-state index is -1.21. The van der Waals surface area contributed by atoms with Crippen LogP contribution in [0, 0.1) is 16.0 Å². The zero-order chi connectivity index (χ0) is 24.1. The van der Waals surface area contributed by atoms with Crippen molar-refractivity contribution in [1.82, 2.24) is 0 Å². The van der Waals surface area contributed by atoms with E-state index in [2.05, 4.69) is 5.32 Å². The lowest BCUT2D eigenvalue weighted by Gasteiger charge is -2.20. The van der Waals surface area contributed by atoms with Crippen LogP contribution < -0.4 is 19.7 Å². The molecule has 11 heteroatoms. The largest absolute Gasteiger partial charge is 0.495 e. The van der Waals surface area contributed by atoms with E-state index in [4.69, 9.17) is 14.2 Å². The van der Waals surface area contributed by atoms with Crippen molar-refractivity contribution in [2.45, 2.75) is 19.4 Å². The van der Waals surface area contributed by atoms with Crippen LogP contribution in [0.5, 0.6) is 11.5 Å². The summed E-state index contributed by atoms with van der Waals surface area (Å²) in [7, 11) is 2.84. The maximum Gasteiger partial charge on any atom is 0.312 e. The third-order valence-corrected chi connectivity index (χ3v) is 5.15. The van der Waals surface area contributed by atoms with E-state index in [1.807, 2.05) is 0 Å². The summed E-state index contributed by atoms with van der Waals surface area (Å²) in [6, 6.07) is 10.7. The average molecular weight is 457 g/mol. The highest BCUT2D eigenvalue weighted by molar-refractivity contribution is 6.01. The zero-order valence-electron chi connectivity index (χ0n) is 18.3. The number of nitrogens with zero attached hydrogens (tertiary/aromatic N) is 2. The summed E-state index contributed by atoms with van der Waals surface area (Å²) in [5.74, 6) is -1.72. The minimum absolute atomic E-state index is 0.0656. The molecule has 2 aromatic rings. The van der Waals surface area contributed by atoms with Crippen molar-refractivity contribution in [3.05, 3.63) is 52.6 Å². The highest BCUT2D eigenvalue weighted by Crippen LogP contribution is 2.33. The van der Waals surface area contributed by atoms with Crippen LogP contribution in [-0.2, 0) is 19.1 Å². The molecule has 0 aromatic heterocycles. The molecule has 0 unspecified atom stereocenters. The van der Waals surface area contributed by atoms with E-state index < -0.39 is 28.8 Å².